The van der Waals surface area contributed by atoms with Crippen molar-refractivity contribution >= 4 is 22.6 Å². The van der Waals surface area contributed by atoms with Gasteiger partial charge in [0.2, 0.25) is 0 Å². The molecule has 0 saturated carbocycles. The first-order valence-corrected chi connectivity index (χ1v) is 6.97. The van der Waals surface area contributed by atoms with Gasteiger partial charge in [0, 0.05) is 16.6 Å². The van der Waals surface area contributed by atoms with Gasteiger partial charge in [0.1, 0.15) is 11.4 Å². The van der Waals surface area contributed by atoms with Crippen molar-refractivity contribution in [1.82, 2.24) is 0 Å². The fourth-order valence-corrected chi connectivity index (χ4v) is 2.26. The average molecular weight is 351 g/mol. The molecule has 0 atom stereocenters. The van der Waals surface area contributed by atoms with Crippen molar-refractivity contribution in [3.05, 3.63) is 64.8 Å². The minimum Gasteiger partial charge on any atom is -0.422 e. The monoisotopic (exact) mass is 351 g/mol. The molecule has 1 aromatic heterocycles. The number of carbonyl (C=O) groups excluding carboxylic acids is 1. The van der Waals surface area contributed by atoms with Gasteiger partial charge in [-0.25, -0.2) is 9.18 Å². The molecule has 3 rings (SSSR count). The lowest BCUT2D eigenvalue weighted by molar-refractivity contribution is -0.167. The first-order valence-electron chi connectivity index (χ1n) is 6.97. The van der Waals surface area contributed by atoms with Crippen molar-refractivity contribution in [3.8, 4) is 11.1 Å². The van der Waals surface area contributed by atoms with E-state index in [1.165, 1.54) is 6.07 Å². The van der Waals surface area contributed by atoms with E-state index in [1.807, 2.05) is 0 Å². The van der Waals surface area contributed by atoms with E-state index in [9.17, 15) is 27.2 Å². The molecule has 0 spiro atoms. The molecular formula is C17H9F4NO3. The number of fused-ring (bicyclic) bond motifs is 1. The maximum absolute atomic E-state index is 14.1. The van der Waals surface area contributed by atoms with Gasteiger partial charge in [-0.15, -0.1) is 0 Å². The summed E-state index contributed by atoms with van der Waals surface area (Å²) in [6.45, 7) is 0. The Labute approximate surface area is 137 Å². The number of nitrogens with one attached hydrogen (secondary N) is 1. The first kappa shape index (κ1) is 16.7. The molecule has 0 bridgehead atoms. The number of benzene rings is 2. The summed E-state index contributed by atoms with van der Waals surface area (Å²) in [5.74, 6) is -3.04. The molecule has 0 aliphatic heterocycles. The van der Waals surface area contributed by atoms with Gasteiger partial charge in [0.25, 0.3) is 0 Å². The Morgan fingerprint density at radius 3 is 2.44 bits per heavy atom. The summed E-state index contributed by atoms with van der Waals surface area (Å²) in [5, 5.41) is 2.13. The molecule has 2 aromatic carbocycles. The van der Waals surface area contributed by atoms with E-state index in [-0.39, 0.29) is 22.4 Å². The molecule has 0 fully saturated rings. The highest BCUT2D eigenvalue weighted by molar-refractivity contribution is 5.95. The van der Waals surface area contributed by atoms with Crippen LogP contribution in [0.4, 0.5) is 23.2 Å². The Morgan fingerprint density at radius 1 is 1.00 bits per heavy atom. The van der Waals surface area contributed by atoms with Crippen LogP contribution in [0.1, 0.15) is 0 Å². The van der Waals surface area contributed by atoms with Crippen molar-refractivity contribution in [3.63, 3.8) is 0 Å². The number of rotatable bonds is 2. The van der Waals surface area contributed by atoms with Crippen LogP contribution in [0.5, 0.6) is 0 Å². The number of hydrogen-bond donors (Lipinski definition) is 1. The summed E-state index contributed by atoms with van der Waals surface area (Å²) in [4.78, 5) is 23.1. The number of carbonyl (C=O) groups is 1. The Balaban J connectivity index is 2.08. The van der Waals surface area contributed by atoms with E-state index in [0.717, 1.165) is 18.2 Å². The van der Waals surface area contributed by atoms with E-state index in [2.05, 4.69) is 0 Å². The van der Waals surface area contributed by atoms with Gasteiger partial charge in [-0.2, -0.15) is 13.2 Å². The van der Waals surface area contributed by atoms with Crippen molar-refractivity contribution in [2.75, 3.05) is 5.32 Å². The molecule has 8 heteroatoms. The fourth-order valence-electron chi connectivity index (χ4n) is 2.26. The molecule has 128 valence electrons. The van der Waals surface area contributed by atoms with E-state index in [4.69, 9.17) is 4.42 Å². The number of halogens is 4. The summed E-state index contributed by atoms with van der Waals surface area (Å²) in [6, 6.07) is 10.7. The second-order valence-electron chi connectivity index (χ2n) is 5.13. The first-order chi connectivity index (χ1) is 11.8. The highest BCUT2D eigenvalue weighted by Gasteiger charge is 2.38. The van der Waals surface area contributed by atoms with Crippen LogP contribution in [0, 0.1) is 5.82 Å². The number of hydrogen-bond acceptors (Lipinski definition) is 3. The molecule has 0 saturated heterocycles. The predicted octanol–water partition coefficient (Wildman–Crippen LogP) is 4.10. The van der Waals surface area contributed by atoms with Crippen LogP contribution >= 0.6 is 0 Å². The van der Waals surface area contributed by atoms with Crippen LogP contribution in [0.3, 0.4) is 0 Å². The second kappa shape index (κ2) is 6.04. The lowest BCUT2D eigenvalue weighted by atomic mass is 10.0. The molecule has 3 aromatic rings. The zero-order valence-electron chi connectivity index (χ0n) is 12.4. The Kier molecular flexibility index (Phi) is 4.03. The third kappa shape index (κ3) is 3.37. The van der Waals surface area contributed by atoms with Crippen LogP contribution in [0.25, 0.3) is 22.1 Å². The van der Waals surface area contributed by atoms with Crippen LogP contribution in [-0.2, 0) is 4.79 Å². The van der Waals surface area contributed by atoms with Gasteiger partial charge in [0.05, 0.1) is 5.56 Å². The van der Waals surface area contributed by atoms with Crippen LogP contribution in [-0.4, -0.2) is 12.1 Å². The molecule has 1 heterocycles. The average Bonchev–Trinajstić information content (AvgIpc) is 2.55. The van der Waals surface area contributed by atoms with E-state index >= 15 is 0 Å². The van der Waals surface area contributed by atoms with Crippen molar-refractivity contribution in [2.45, 2.75) is 6.18 Å². The molecule has 0 unspecified atom stereocenters. The molecule has 0 aliphatic carbocycles. The van der Waals surface area contributed by atoms with Gasteiger partial charge in [-0.1, -0.05) is 18.2 Å². The molecule has 0 aliphatic rings. The molecule has 1 N–H and O–H groups in total. The van der Waals surface area contributed by atoms with Crippen molar-refractivity contribution in [2.24, 2.45) is 0 Å². The smallest absolute Gasteiger partial charge is 0.422 e. The topological polar surface area (TPSA) is 59.3 Å². The lowest BCUT2D eigenvalue weighted by Crippen LogP contribution is -2.29. The highest BCUT2D eigenvalue weighted by atomic mass is 19.4. The molecule has 1 amide bonds. The SMILES string of the molecule is O=C(Nc1ccc(F)c(-c2cc3ccccc3oc2=O)c1)C(F)(F)F. The van der Waals surface area contributed by atoms with Crippen LogP contribution in [0.15, 0.2) is 57.7 Å². The van der Waals surface area contributed by atoms with E-state index in [0.29, 0.717) is 5.39 Å². The summed E-state index contributed by atoms with van der Waals surface area (Å²) in [6.07, 6.45) is -5.09. The normalized spacial score (nSPS) is 11.5. The van der Waals surface area contributed by atoms with Crippen LogP contribution in [0.2, 0.25) is 0 Å². The number of para-hydroxylation sites is 1. The molecule has 4 nitrogen and oxygen atoms in total. The molecular weight excluding hydrogens is 342 g/mol. The maximum Gasteiger partial charge on any atom is 0.471 e. The second-order valence-corrected chi connectivity index (χ2v) is 5.13. The third-order valence-corrected chi connectivity index (χ3v) is 3.41. The third-order valence-electron chi connectivity index (χ3n) is 3.41. The van der Waals surface area contributed by atoms with Crippen molar-refractivity contribution in [1.29, 1.82) is 0 Å². The summed E-state index contributed by atoms with van der Waals surface area (Å²) < 4.78 is 56.2. The predicted molar refractivity (Wildman–Crippen MR) is 82.6 cm³/mol. The number of anilines is 1. The minimum absolute atomic E-state index is 0.167. The van der Waals surface area contributed by atoms with Crippen molar-refractivity contribution < 1.29 is 26.8 Å². The minimum atomic E-state index is -5.09. The quantitative estimate of drug-likeness (QED) is 0.559. The Bertz CT molecular complexity index is 1020. The van der Waals surface area contributed by atoms with Crippen LogP contribution < -0.4 is 10.9 Å². The molecule has 0 radical (unpaired) electrons. The fraction of sp³-hybridized carbons (Fsp3) is 0.0588. The van der Waals surface area contributed by atoms with Gasteiger partial charge in [-0.05, 0) is 30.3 Å². The van der Waals surface area contributed by atoms with Gasteiger partial charge < -0.3 is 9.73 Å². The van der Waals surface area contributed by atoms with E-state index < -0.39 is 23.5 Å². The largest absolute Gasteiger partial charge is 0.471 e. The van der Waals surface area contributed by atoms with Gasteiger partial charge in [0.15, 0.2) is 0 Å². The Hall–Kier alpha value is -3.16. The van der Waals surface area contributed by atoms with E-state index in [1.54, 1.807) is 29.6 Å². The number of amides is 1. The maximum atomic E-state index is 14.1. The highest BCUT2D eigenvalue weighted by Crippen LogP contribution is 2.27. The standard InChI is InChI=1S/C17H9F4NO3/c18-13-6-5-10(22-16(24)17(19,20)21)8-11(13)12-7-9-3-1-2-4-14(9)25-15(12)23/h1-8H,(H,22,24). The zero-order valence-corrected chi connectivity index (χ0v) is 12.4. The zero-order chi connectivity index (χ0) is 18.2. The lowest BCUT2D eigenvalue weighted by Gasteiger charge is -2.10. The molecule has 25 heavy (non-hydrogen) atoms. The summed E-state index contributed by atoms with van der Waals surface area (Å²) in [5.41, 5.74) is -1.31. The summed E-state index contributed by atoms with van der Waals surface area (Å²) in [7, 11) is 0. The van der Waals surface area contributed by atoms with Gasteiger partial charge in [-0.3, -0.25) is 4.79 Å². The number of alkyl halides is 3. The van der Waals surface area contributed by atoms with Gasteiger partial charge >= 0.3 is 17.7 Å². The summed E-state index contributed by atoms with van der Waals surface area (Å²) >= 11 is 0. The Morgan fingerprint density at radius 2 is 1.72 bits per heavy atom.